The van der Waals surface area contributed by atoms with Crippen LogP contribution in [0, 0.1) is 3.57 Å². The van der Waals surface area contributed by atoms with Gasteiger partial charge in [0, 0.05) is 15.3 Å². The first-order chi connectivity index (χ1) is 8.16. The molecule has 0 aliphatic heterocycles. The van der Waals surface area contributed by atoms with E-state index in [-0.39, 0.29) is 6.42 Å². The fourth-order valence-electron chi connectivity index (χ4n) is 1.53. The molecule has 0 amide bonds. The van der Waals surface area contributed by atoms with Crippen LogP contribution in [0.15, 0.2) is 36.7 Å². The van der Waals surface area contributed by atoms with Crippen LogP contribution in [-0.4, -0.2) is 20.9 Å². The van der Waals surface area contributed by atoms with Crippen molar-refractivity contribution in [3.63, 3.8) is 0 Å². The summed E-state index contributed by atoms with van der Waals surface area (Å²) < 4.78 is 2.81. The van der Waals surface area contributed by atoms with Gasteiger partial charge in [0.25, 0.3) is 0 Å². The second kappa shape index (κ2) is 5.31. The summed E-state index contributed by atoms with van der Waals surface area (Å²) in [6.45, 7) is 0.402. The first-order valence-electron chi connectivity index (χ1n) is 5.16. The molecule has 0 radical (unpaired) electrons. The van der Waals surface area contributed by atoms with Gasteiger partial charge in [-0.1, -0.05) is 18.2 Å². The lowest BCUT2D eigenvalue weighted by Gasteiger charge is -2.00. The Morgan fingerprint density at radius 3 is 2.88 bits per heavy atom. The van der Waals surface area contributed by atoms with Crippen molar-refractivity contribution in [2.75, 3.05) is 0 Å². The lowest BCUT2D eigenvalue weighted by molar-refractivity contribution is -0.137. The topological polar surface area (TPSA) is 55.1 Å². The van der Waals surface area contributed by atoms with Gasteiger partial charge < -0.3 is 5.11 Å². The highest BCUT2D eigenvalue weighted by Crippen LogP contribution is 2.24. The molecule has 4 nitrogen and oxygen atoms in total. The molecular formula is C12H11IN2O2. The van der Waals surface area contributed by atoms with E-state index in [2.05, 4.69) is 27.7 Å². The number of hydrogen-bond donors (Lipinski definition) is 1. The maximum absolute atomic E-state index is 10.5. The number of hydrogen-bond acceptors (Lipinski definition) is 2. The predicted octanol–water partition coefficient (Wildman–Crippen LogP) is 2.63. The number of nitrogens with zero attached hydrogens (tertiary/aromatic N) is 2. The Morgan fingerprint density at radius 1 is 1.41 bits per heavy atom. The van der Waals surface area contributed by atoms with Gasteiger partial charge in [-0.2, -0.15) is 5.10 Å². The Hall–Kier alpha value is -1.37. The first-order valence-corrected chi connectivity index (χ1v) is 6.24. The quantitative estimate of drug-likeness (QED) is 0.869. The van der Waals surface area contributed by atoms with E-state index in [4.69, 9.17) is 5.11 Å². The van der Waals surface area contributed by atoms with Gasteiger partial charge in [-0.05, 0) is 34.2 Å². The highest BCUT2D eigenvalue weighted by Gasteiger charge is 2.05. The van der Waals surface area contributed by atoms with Gasteiger partial charge in [0.2, 0.25) is 0 Å². The molecule has 0 aliphatic rings. The second-order valence-corrected chi connectivity index (χ2v) is 4.78. The van der Waals surface area contributed by atoms with Crippen molar-refractivity contribution in [2.45, 2.75) is 13.0 Å². The summed E-state index contributed by atoms with van der Waals surface area (Å²) in [6.07, 6.45) is 3.73. The van der Waals surface area contributed by atoms with Gasteiger partial charge in [0.15, 0.2) is 0 Å². The van der Waals surface area contributed by atoms with Crippen molar-refractivity contribution in [1.29, 1.82) is 0 Å². The summed E-state index contributed by atoms with van der Waals surface area (Å²) in [7, 11) is 0. The second-order valence-electron chi connectivity index (χ2n) is 3.62. The third-order valence-electron chi connectivity index (χ3n) is 2.37. The summed E-state index contributed by atoms with van der Waals surface area (Å²) in [5.41, 5.74) is 2.13. The molecule has 0 aliphatic carbocycles. The molecule has 0 saturated carbocycles. The molecule has 2 rings (SSSR count). The molecule has 2 aromatic rings. The lowest BCUT2D eigenvalue weighted by Crippen LogP contribution is -2.04. The van der Waals surface area contributed by atoms with E-state index in [1.165, 1.54) is 0 Å². The van der Waals surface area contributed by atoms with Crippen molar-refractivity contribution in [3.05, 3.63) is 40.2 Å². The van der Waals surface area contributed by atoms with Gasteiger partial charge in [-0.25, -0.2) is 0 Å². The Balaban J connectivity index is 2.18. The fraction of sp³-hybridized carbons (Fsp3) is 0.167. The van der Waals surface area contributed by atoms with Crippen molar-refractivity contribution in [3.8, 4) is 11.1 Å². The zero-order chi connectivity index (χ0) is 12.3. The lowest BCUT2D eigenvalue weighted by atomic mass is 10.1. The largest absolute Gasteiger partial charge is 0.481 e. The van der Waals surface area contributed by atoms with Crippen molar-refractivity contribution >= 4 is 28.6 Å². The van der Waals surface area contributed by atoms with Crippen molar-refractivity contribution in [1.82, 2.24) is 9.78 Å². The number of carboxylic acids is 1. The Labute approximate surface area is 112 Å². The zero-order valence-electron chi connectivity index (χ0n) is 9.01. The molecule has 17 heavy (non-hydrogen) atoms. The van der Waals surface area contributed by atoms with E-state index >= 15 is 0 Å². The maximum Gasteiger partial charge on any atom is 0.305 e. The maximum atomic E-state index is 10.5. The van der Waals surface area contributed by atoms with Crippen molar-refractivity contribution < 1.29 is 9.90 Å². The summed E-state index contributed by atoms with van der Waals surface area (Å²) in [6, 6.07) is 8.02. The third kappa shape index (κ3) is 3.06. The smallest absolute Gasteiger partial charge is 0.305 e. The average Bonchev–Trinajstić information content (AvgIpc) is 2.75. The van der Waals surface area contributed by atoms with E-state index in [9.17, 15) is 4.79 Å². The van der Waals surface area contributed by atoms with Crippen LogP contribution >= 0.6 is 22.6 Å². The number of aromatic nitrogens is 2. The molecule has 1 aromatic carbocycles. The third-order valence-corrected chi connectivity index (χ3v) is 3.31. The minimum Gasteiger partial charge on any atom is -0.481 e. The van der Waals surface area contributed by atoms with Crippen LogP contribution in [-0.2, 0) is 11.3 Å². The molecule has 5 heteroatoms. The van der Waals surface area contributed by atoms with E-state index in [0.29, 0.717) is 6.54 Å². The van der Waals surface area contributed by atoms with E-state index in [1.54, 1.807) is 10.9 Å². The standard InChI is InChI=1S/C12H11IN2O2/c13-11-4-2-1-3-10(11)9-7-14-15(8-9)6-5-12(16)17/h1-4,7-8H,5-6H2,(H,16,17). The van der Waals surface area contributed by atoms with Crippen LogP contribution < -0.4 is 0 Å². The van der Waals surface area contributed by atoms with Gasteiger partial charge in [0.05, 0.1) is 19.2 Å². The highest BCUT2D eigenvalue weighted by atomic mass is 127. The molecule has 1 heterocycles. The van der Waals surface area contributed by atoms with Crippen LogP contribution in [0.1, 0.15) is 6.42 Å². The van der Waals surface area contributed by atoms with E-state index < -0.39 is 5.97 Å². The van der Waals surface area contributed by atoms with Gasteiger partial charge in [0.1, 0.15) is 0 Å². The molecule has 0 unspecified atom stereocenters. The predicted molar refractivity (Wildman–Crippen MR) is 72.6 cm³/mol. The molecule has 0 atom stereocenters. The van der Waals surface area contributed by atoms with Gasteiger partial charge in [-0.15, -0.1) is 0 Å². The normalized spacial score (nSPS) is 10.4. The van der Waals surface area contributed by atoms with Crippen LogP contribution in [0.4, 0.5) is 0 Å². The SMILES string of the molecule is O=C(O)CCn1cc(-c2ccccc2I)cn1. The van der Waals surface area contributed by atoms with Crippen LogP contribution in [0.25, 0.3) is 11.1 Å². The van der Waals surface area contributed by atoms with E-state index in [0.717, 1.165) is 14.7 Å². The van der Waals surface area contributed by atoms with Crippen LogP contribution in [0.3, 0.4) is 0 Å². The monoisotopic (exact) mass is 342 g/mol. The van der Waals surface area contributed by atoms with Crippen LogP contribution in [0.5, 0.6) is 0 Å². The van der Waals surface area contributed by atoms with Crippen molar-refractivity contribution in [2.24, 2.45) is 0 Å². The molecule has 0 fully saturated rings. The summed E-state index contributed by atoms with van der Waals surface area (Å²) in [4.78, 5) is 10.5. The average molecular weight is 342 g/mol. The fourth-order valence-corrected chi connectivity index (χ4v) is 2.23. The number of halogens is 1. The molecule has 0 bridgehead atoms. The Morgan fingerprint density at radius 2 is 2.18 bits per heavy atom. The number of aryl methyl sites for hydroxylation is 1. The molecule has 1 aromatic heterocycles. The van der Waals surface area contributed by atoms with E-state index in [1.807, 2.05) is 30.5 Å². The summed E-state index contributed by atoms with van der Waals surface area (Å²) >= 11 is 2.27. The number of carboxylic acid groups (broad SMARTS) is 1. The van der Waals surface area contributed by atoms with Crippen LogP contribution in [0.2, 0.25) is 0 Å². The number of rotatable bonds is 4. The number of carbonyl (C=O) groups is 1. The molecular weight excluding hydrogens is 331 g/mol. The first kappa shape index (κ1) is 12.1. The van der Waals surface area contributed by atoms with Gasteiger partial charge in [-0.3, -0.25) is 9.48 Å². The summed E-state index contributed by atoms with van der Waals surface area (Å²) in [5.74, 6) is -0.809. The molecule has 1 N–H and O–H groups in total. The Kier molecular flexibility index (Phi) is 3.78. The minimum absolute atomic E-state index is 0.0903. The molecule has 88 valence electrons. The minimum atomic E-state index is -0.809. The number of benzene rings is 1. The Bertz CT molecular complexity index is 537. The highest BCUT2D eigenvalue weighted by molar-refractivity contribution is 14.1. The molecule has 0 saturated heterocycles. The summed E-state index contributed by atoms with van der Waals surface area (Å²) in [5, 5.41) is 12.8. The van der Waals surface area contributed by atoms with Gasteiger partial charge >= 0.3 is 5.97 Å². The zero-order valence-corrected chi connectivity index (χ0v) is 11.2. The molecule has 0 spiro atoms. The number of aliphatic carboxylic acids is 1.